The zero-order chi connectivity index (χ0) is 50.3. The summed E-state index contributed by atoms with van der Waals surface area (Å²) in [4.78, 5) is 68.6. The number of hydrogen-bond donors (Lipinski definition) is 6. The number of rotatable bonds is 37. The molecule has 0 aliphatic carbocycles. The van der Waals surface area contributed by atoms with Crippen molar-refractivity contribution >= 4 is 70.0 Å². The van der Waals surface area contributed by atoms with Gasteiger partial charge in [-0.2, -0.15) is 22.0 Å². The summed E-state index contributed by atoms with van der Waals surface area (Å²) in [5, 5.41) is 27.9. The van der Waals surface area contributed by atoms with Crippen LogP contribution in [-0.2, 0) is 42.9 Å². The molecule has 2 aliphatic heterocycles. The molecule has 4 amide bonds. The van der Waals surface area contributed by atoms with E-state index in [-0.39, 0.29) is 40.9 Å². The van der Waals surface area contributed by atoms with Gasteiger partial charge in [0.05, 0.1) is 39.2 Å². The van der Waals surface area contributed by atoms with Crippen LogP contribution in [0.25, 0.3) is 0 Å². The molecule has 0 radical (unpaired) electrons. The summed E-state index contributed by atoms with van der Waals surface area (Å²) in [5.74, 6) is 2.62. The van der Waals surface area contributed by atoms with Crippen molar-refractivity contribution in [3.8, 4) is 11.8 Å². The molecule has 0 unspecified atom stereocenters. The third-order valence-electron chi connectivity index (χ3n) is 11.4. The number of carbonyl (C=O) groups is 5. The lowest BCUT2D eigenvalue weighted by Crippen LogP contribution is -2.29. The van der Waals surface area contributed by atoms with Crippen LogP contribution in [0.1, 0.15) is 82.6 Å². The third-order valence-corrected chi connectivity index (χ3v) is 13.0. The second-order valence-electron chi connectivity index (χ2n) is 17.0. The molecule has 2 aromatic carbocycles. The smallest absolute Gasteiger partial charge is 0.247 e. The van der Waals surface area contributed by atoms with Gasteiger partial charge < -0.3 is 55.6 Å². The molecule has 2 aliphatic rings. The van der Waals surface area contributed by atoms with Gasteiger partial charge in [0, 0.05) is 105 Å². The molecule has 6 N–H and O–H groups in total. The predicted molar refractivity (Wildman–Crippen MR) is 272 cm³/mol. The van der Waals surface area contributed by atoms with Crippen LogP contribution in [0.4, 0.5) is 28.8 Å². The summed E-state index contributed by atoms with van der Waals surface area (Å²) in [7, 11) is 0. The average Bonchev–Trinajstić information content (AvgIpc) is 3.93. The first-order chi connectivity index (χ1) is 34.7. The number of nitrogens with zero attached hydrogens (tertiary/aromatic N) is 3. The second kappa shape index (κ2) is 32.7. The van der Waals surface area contributed by atoms with Crippen LogP contribution in [0.15, 0.2) is 67.4 Å². The van der Waals surface area contributed by atoms with E-state index in [1.165, 1.54) is 12.3 Å². The molecule has 3 atom stereocenters. The number of fused-ring (bicyclic) bond motifs is 1. The Morgan fingerprint density at radius 2 is 1.41 bits per heavy atom. The molecular weight excluding hydrogens is 931 g/mol. The molecule has 0 spiro atoms. The normalized spacial score (nSPS) is 15.8. The van der Waals surface area contributed by atoms with Gasteiger partial charge in [-0.05, 0) is 87.1 Å². The number of aromatic nitrogens is 2. The van der Waals surface area contributed by atoms with Crippen molar-refractivity contribution < 1.29 is 47.7 Å². The van der Waals surface area contributed by atoms with Gasteiger partial charge in [-0.15, -0.1) is 0 Å². The van der Waals surface area contributed by atoms with E-state index >= 15 is 0 Å². The summed E-state index contributed by atoms with van der Waals surface area (Å²) < 4.78 is 28.1. The number of Topliss-reactive ketones (excluding diaryl/α,β-unsaturated/α-hetero) is 1. The number of unbranched alkanes of at least 4 members (excludes halogenated alkanes) is 1. The minimum atomic E-state index is -0.340. The third kappa shape index (κ3) is 22.2. The number of nitrogens with one attached hydrogen (secondary N) is 6. The molecule has 19 nitrogen and oxygen atoms in total. The molecule has 1 aromatic heterocycles. The van der Waals surface area contributed by atoms with Crippen molar-refractivity contribution in [2.24, 2.45) is 5.92 Å². The van der Waals surface area contributed by atoms with Crippen molar-refractivity contribution in [1.82, 2.24) is 25.9 Å². The van der Waals surface area contributed by atoms with Crippen molar-refractivity contribution in [3.05, 3.63) is 72.9 Å². The van der Waals surface area contributed by atoms with Gasteiger partial charge in [-0.25, -0.2) is 4.98 Å². The topological polar surface area (TPSA) is 253 Å². The molecule has 0 bridgehead atoms. The van der Waals surface area contributed by atoms with E-state index < -0.39 is 0 Å². The van der Waals surface area contributed by atoms with Crippen molar-refractivity contribution in [2.75, 3.05) is 94.3 Å². The fourth-order valence-electron chi connectivity index (χ4n) is 7.74. The number of anilines is 5. The zero-order valence-electron chi connectivity index (χ0n) is 40.5. The first-order valence-electron chi connectivity index (χ1n) is 24.5. The van der Waals surface area contributed by atoms with Crippen LogP contribution in [0.2, 0.25) is 0 Å². The quantitative estimate of drug-likeness (QED) is 0.0281. The highest BCUT2D eigenvalue weighted by atomic mass is 32.2. The van der Waals surface area contributed by atoms with E-state index in [0.717, 1.165) is 31.4 Å². The van der Waals surface area contributed by atoms with Gasteiger partial charge in [0.1, 0.15) is 29.8 Å². The first kappa shape index (κ1) is 55.8. The fraction of sp³-hybridized carbons (Fsp3) is 0.529. The Labute approximate surface area is 420 Å². The Hall–Kier alpha value is -6.11. The van der Waals surface area contributed by atoms with E-state index in [1.807, 2.05) is 23.9 Å². The molecule has 71 heavy (non-hydrogen) atoms. The van der Waals surface area contributed by atoms with Crippen LogP contribution >= 0.6 is 11.8 Å². The Kier molecular flexibility index (Phi) is 25.7. The maximum atomic E-state index is 12.3. The lowest BCUT2D eigenvalue weighted by atomic mass is 9.94. The minimum absolute atomic E-state index is 0.0757. The fourth-order valence-corrected chi connectivity index (χ4v) is 9.39. The number of thioether (sulfide) groups is 1. The number of ketones is 1. The first-order valence-corrected chi connectivity index (χ1v) is 25.6. The van der Waals surface area contributed by atoms with Gasteiger partial charge in [0.2, 0.25) is 29.6 Å². The van der Waals surface area contributed by atoms with Crippen molar-refractivity contribution in [3.63, 3.8) is 0 Å². The molecule has 0 saturated carbocycles. The number of amides is 4. The maximum Gasteiger partial charge on any atom is 0.247 e. The number of ether oxygens (including phenoxy) is 5. The van der Waals surface area contributed by atoms with E-state index in [9.17, 15) is 29.2 Å². The highest BCUT2D eigenvalue weighted by Gasteiger charge is 2.42. The van der Waals surface area contributed by atoms with E-state index in [0.29, 0.717) is 170 Å². The summed E-state index contributed by atoms with van der Waals surface area (Å²) >= 11 is 1.96. The van der Waals surface area contributed by atoms with E-state index in [2.05, 4.69) is 54.5 Å². The van der Waals surface area contributed by atoms with Gasteiger partial charge in [0.15, 0.2) is 5.82 Å². The van der Waals surface area contributed by atoms with Crippen molar-refractivity contribution in [1.29, 1.82) is 5.26 Å². The van der Waals surface area contributed by atoms with Crippen LogP contribution in [0.5, 0.6) is 5.75 Å². The summed E-state index contributed by atoms with van der Waals surface area (Å²) in [6.45, 7) is 8.56. The molecule has 2 fully saturated rings. The van der Waals surface area contributed by atoms with E-state index in [1.54, 1.807) is 36.4 Å². The van der Waals surface area contributed by atoms with Crippen LogP contribution in [0, 0.1) is 17.2 Å². The largest absolute Gasteiger partial charge is 0.491 e. The SMILES string of the molecule is C=CC(=O)Nc1cccc(Nc2nc(Nc3ccc(OCCOCCCC(=O)CCCC(=O)NCCCOCCOCCOCCCNC(=O)CCCC[C@@H]4SC[C@@H]5NC(=O)C[C@@H]54)cc3)ncc2C#N)c1. The van der Waals surface area contributed by atoms with Gasteiger partial charge >= 0.3 is 0 Å². The molecular formula is C51H69N9O10S. The molecule has 5 rings (SSSR count). The monoisotopic (exact) mass is 999 g/mol. The number of hydrogen-bond acceptors (Lipinski definition) is 16. The number of carbonyl (C=O) groups excluding carboxylic acids is 5. The highest BCUT2D eigenvalue weighted by molar-refractivity contribution is 8.00. The lowest BCUT2D eigenvalue weighted by Gasteiger charge is -2.15. The van der Waals surface area contributed by atoms with Crippen LogP contribution in [-0.4, -0.2) is 129 Å². The zero-order valence-corrected chi connectivity index (χ0v) is 41.3. The van der Waals surface area contributed by atoms with E-state index in [4.69, 9.17) is 23.7 Å². The Morgan fingerprint density at radius 1 is 0.761 bits per heavy atom. The average molecular weight is 1000 g/mol. The second-order valence-corrected chi connectivity index (χ2v) is 18.2. The van der Waals surface area contributed by atoms with Gasteiger partial charge in [-0.3, -0.25) is 24.0 Å². The highest BCUT2D eigenvalue weighted by Crippen LogP contribution is 2.40. The van der Waals surface area contributed by atoms with Crippen LogP contribution in [0.3, 0.4) is 0 Å². The summed E-state index contributed by atoms with van der Waals surface area (Å²) in [6, 6.07) is 16.6. The molecule has 3 heterocycles. The molecule has 384 valence electrons. The summed E-state index contributed by atoms with van der Waals surface area (Å²) in [6.07, 6.45) is 10.3. The molecule has 20 heteroatoms. The van der Waals surface area contributed by atoms with Crippen molar-refractivity contribution in [2.45, 2.75) is 88.3 Å². The minimum Gasteiger partial charge on any atom is -0.491 e. The van der Waals surface area contributed by atoms with Gasteiger partial charge in [-0.1, -0.05) is 19.1 Å². The molecule has 3 aromatic rings. The number of nitriles is 1. The molecule has 2 saturated heterocycles. The predicted octanol–water partition coefficient (Wildman–Crippen LogP) is 6.12. The lowest BCUT2D eigenvalue weighted by molar-refractivity contribution is -0.122. The maximum absolute atomic E-state index is 12.3. The van der Waals surface area contributed by atoms with Gasteiger partial charge in [0.25, 0.3) is 0 Å². The Bertz CT molecular complexity index is 2190. The summed E-state index contributed by atoms with van der Waals surface area (Å²) in [5.41, 5.74) is 2.11. The standard InChI is InChI=1S/C51H69N9O10S/c1-2-46(62)56-39-10-5-11-40(32-39)57-50-37(34-52)35-55-51(60-50)58-38-17-19-42(20-18-38)70-31-30-66-23-7-13-41(61)12-6-16-48(64)54-22-9-25-68-27-29-69-28-26-67-24-8-21-53-47(63)15-4-3-14-45-43-33-49(65)59-44(43)36-71-45/h2,5,10-11,17-20,32,35,43-45H,1,3-4,6-9,12-16,21-31,33,36H2,(H,53,63)(H,54,64)(H,56,62)(H,59,65)(H2,55,57,58,60)/t43-,44-,45-/m0/s1. The Balaban J connectivity index is 0.759. The Morgan fingerprint density at radius 3 is 2.11 bits per heavy atom. The van der Waals surface area contributed by atoms with Crippen LogP contribution < -0.4 is 36.6 Å². The number of benzene rings is 2.